The third-order valence-corrected chi connectivity index (χ3v) is 4.44. The zero-order valence-corrected chi connectivity index (χ0v) is 15.1. The molecule has 0 radical (unpaired) electrons. The first kappa shape index (κ1) is 18.9. The van der Waals surface area contributed by atoms with Gasteiger partial charge in [0, 0.05) is 19.2 Å². The molecule has 0 aromatic rings. The van der Waals surface area contributed by atoms with E-state index in [0.717, 1.165) is 26.1 Å². The molecule has 1 saturated heterocycles. The topological polar surface area (TPSA) is 24.5 Å². The molecule has 1 aliphatic heterocycles. The Kier molecular flexibility index (Phi) is 8.84. The highest BCUT2D eigenvalue weighted by Gasteiger charge is 2.26. The van der Waals surface area contributed by atoms with Crippen LogP contribution in [-0.2, 0) is 4.74 Å². The lowest BCUT2D eigenvalue weighted by Gasteiger charge is -2.36. The van der Waals surface area contributed by atoms with Crippen LogP contribution in [0.2, 0.25) is 0 Å². The van der Waals surface area contributed by atoms with E-state index in [1.165, 1.54) is 38.8 Å². The molecule has 0 aromatic heterocycles. The molecule has 1 N–H and O–H groups in total. The van der Waals surface area contributed by atoms with Gasteiger partial charge in [-0.15, -0.1) is 0 Å². The minimum Gasteiger partial charge on any atom is -0.377 e. The van der Waals surface area contributed by atoms with Crippen LogP contribution in [0.5, 0.6) is 0 Å². The van der Waals surface area contributed by atoms with Crippen molar-refractivity contribution < 1.29 is 4.74 Å². The fraction of sp³-hybridized carbons (Fsp3) is 1.00. The molecule has 2 atom stereocenters. The lowest BCUT2D eigenvalue weighted by molar-refractivity contribution is -0.00173. The maximum Gasteiger partial charge on any atom is 0.0702 e. The summed E-state index contributed by atoms with van der Waals surface area (Å²) in [7, 11) is 0. The summed E-state index contributed by atoms with van der Waals surface area (Å²) in [5.41, 5.74) is 0.336. The van der Waals surface area contributed by atoms with Crippen molar-refractivity contribution in [1.82, 2.24) is 10.2 Å². The number of hydrogen-bond donors (Lipinski definition) is 1. The molecular weight excluding hydrogens is 260 g/mol. The zero-order chi connectivity index (χ0) is 15.7. The number of rotatable bonds is 9. The van der Waals surface area contributed by atoms with Gasteiger partial charge in [-0.05, 0) is 57.2 Å². The fourth-order valence-electron chi connectivity index (χ4n) is 3.11. The van der Waals surface area contributed by atoms with Gasteiger partial charge in [0.25, 0.3) is 0 Å². The van der Waals surface area contributed by atoms with Gasteiger partial charge in [0.1, 0.15) is 0 Å². The van der Waals surface area contributed by atoms with Crippen LogP contribution in [0.15, 0.2) is 0 Å². The standard InChI is InChI=1S/C18H38N2O/c1-6-11-19-17(18(3,4)5)10-13-20-12-8-9-16(15-20)21-14-7-2/h16-17,19H,6-15H2,1-5H3. The van der Waals surface area contributed by atoms with Crippen LogP contribution < -0.4 is 5.32 Å². The van der Waals surface area contributed by atoms with E-state index in [9.17, 15) is 0 Å². The molecule has 0 amide bonds. The van der Waals surface area contributed by atoms with E-state index in [1.54, 1.807) is 0 Å². The van der Waals surface area contributed by atoms with Crippen molar-refractivity contribution in [2.24, 2.45) is 5.41 Å². The van der Waals surface area contributed by atoms with Crippen molar-refractivity contribution in [3.8, 4) is 0 Å². The van der Waals surface area contributed by atoms with Gasteiger partial charge >= 0.3 is 0 Å². The molecular formula is C18H38N2O. The van der Waals surface area contributed by atoms with Gasteiger partial charge in [0.2, 0.25) is 0 Å². The molecule has 3 heteroatoms. The van der Waals surface area contributed by atoms with E-state index < -0.39 is 0 Å². The van der Waals surface area contributed by atoms with Crippen LogP contribution in [-0.4, -0.2) is 49.8 Å². The Morgan fingerprint density at radius 1 is 1.24 bits per heavy atom. The van der Waals surface area contributed by atoms with Crippen molar-refractivity contribution >= 4 is 0 Å². The Labute approximate surface area is 132 Å². The first-order chi connectivity index (χ1) is 9.97. The monoisotopic (exact) mass is 298 g/mol. The van der Waals surface area contributed by atoms with Crippen molar-refractivity contribution in [2.75, 3.05) is 32.8 Å². The second kappa shape index (κ2) is 9.81. The Hall–Kier alpha value is -0.120. The molecule has 0 aromatic carbocycles. The van der Waals surface area contributed by atoms with Crippen LogP contribution in [0.4, 0.5) is 0 Å². The second-order valence-corrected chi connectivity index (χ2v) is 7.60. The molecule has 0 saturated carbocycles. The SMILES string of the molecule is CCCNC(CCN1CCCC(OCCC)C1)C(C)(C)C. The molecule has 1 heterocycles. The van der Waals surface area contributed by atoms with Gasteiger partial charge in [-0.3, -0.25) is 0 Å². The van der Waals surface area contributed by atoms with Crippen molar-refractivity contribution in [1.29, 1.82) is 0 Å². The first-order valence-corrected chi connectivity index (χ1v) is 9.04. The predicted octanol–water partition coefficient (Wildman–Crippen LogP) is 3.68. The normalized spacial score (nSPS) is 22.4. The number of nitrogens with one attached hydrogen (secondary N) is 1. The van der Waals surface area contributed by atoms with E-state index in [1.807, 2.05) is 0 Å². The Morgan fingerprint density at radius 3 is 2.62 bits per heavy atom. The summed E-state index contributed by atoms with van der Waals surface area (Å²) < 4.78 is 5.94. The van der Waals surface area contributed by atoms with Crippen LogP contribution in [0.1, 0.15) is 66.7 Å². The Balaban J connectivity index is 2.36. The molecule has 1 rings (SSSR count). The summed E-state index contributed by atoms with van der Waals surface area (Å²) in [4.78, 5) is 2.61. The smallest absolute Gasteiger partial charge is 0.0702 e. The van der Waals surface area contributed by atoms with Crippen molar-refractivity contribution in [3.63, 3.8) is 0 Å². The summed E-state index contributed by atoms with van der Waals surface area (Å²) in [6.45, 7) is 17.1. The summed E-state index contributed by atoms with van der Waals surface area (Å²) in [5.74, 6) is 0. The van der Waals surface area contributed by atoms with Crippen molar-refractivity contribution in [2.45, 2.75) is 78.9 Å². The lowest BCUT2D eigenvalue weighted by Crippen LogP contribution is -2.45. The summed E-state index contributed by atoms with van der Waals surface area (Å²) in [6.07, 6.45) is 6.58. The molecule has 0 aliphatic carbocycles. The van der Waals surface area contributed by atoms with E-state index in [-0.39, 0.29) is 0 Å². The number of piperidine rings is 1. The van der Waals surface area contributed by atoms with Gasteiger partial charge in [0.05, 0.1) is 6.10 Å². The first-order valence-electron chi connectivity index (χ1n) is 9.04. The number of hydrogen-bond acceptors (Lipinski definition) is 3. The minimum atomic E-state index is 0.336. The summed E-state index contributed by atoms with van der Waals surface area (Å²) in [5, 5.41) is 3.74. The zero-order valence-electron chi connectivity index (χ0n) is 15.1. The quantitative estimate of drug-likeness (QED) is 0.703. The van der Waals surface area contributed by atoms with E-state index in [0.29, 0.717) is 17.6 Å². The third-order valence-electron chi connectivity index (χ3n) is 4.44. The Bertz CT molecular complexity index is 262. The van der Waals surface area contributed by atoms with Gasteiger partial charge in [-0.1, -0.05) is 34.6 Å². The van der Waals surface area contributed by atoms with E-state index >= 15 is 0 Å². The lowest BCUT2D eigenvalue weighted by atomic mass is 9.84. The van der Waals surface area contributed by atoms with E-state index in [4.69, 9.17) is 4.74 Å². The maximum absolute atomic E-state index is 5.94. The fourth-order valence-corrected chi connectivity index (χ4v) is 3.11. The maximum atomic E-state index is 5.94. The van der Waals surface area contributed by atoms with Crippen LogP contribution >= 0.6 is 0 Å². The van der Waals surface area contributed by atoms with Gasteiger partial charge in [-0.25, -0.2) is 0 Å². The molecule has 3 nitrogen and oxygen atoms in total. The molecule has 0 spiro atoms. The third kappa shape index (κ3) is 7.62. The van der Waals surface area contributed by atoms with Crippen LogP contribution in [0.25, 0.3) is 0 Å². The largest absolute Gasteiger partial charge is 0.377 e. The average Bonchev–Trinajstić information content (AvgIpc) is 2.44. The molecule has 2 unspecified atom stereocenters. The number of nitrogens with zero attached hydrogens (tertiary/aromatic N) is 1. The highest BCUT2D eigenvalue weighted by Crippen LogP contribution is 2.23. The van der Waals surface area contributed by atoms with Gasteiger partial charge in [0.15, 0.2) is 0 Å². The van der Waals surface area contributed by atoms with Crippen molar-refractivity contribution in [3.05, 3.63) is 0 Å². The highest BCUT2D eigenvalue weighted by molar-refractivity contribution is 4.83. The van der Waals surface area contributed by atoms with Crippen LogP contribution in [0.3, 0.4) is 0 Å². The predicted molar refractivity (Wildman–Crippen MR) is 91.9 cm³/mol. The molecule has 0 bridgehead atoms. The van der Waals surface area contributed by atoms with Gasteiger partial charge < -0.3 is 15.0 Å². The Morgan fingerprint density at radius 2 is 2.00 bits per heavy atom. The second-order valence-electron chi connectivity index (χ2n) is 7.60. The summed E-state index contributed by atoms with van der Waals surface area (Å²) >= 11 is 0. The van der Waals surface area contributed by atoms with Gasteiger partial charge in [-0.2, -0.15) is 0 Å². The minimum absolute atomic E-state index is 0.336. The number of likely N-dealkylation sites (tertiary alicyclic amines) is 1. The summed E-state index contributed by atoms with van der Waals surface area (Å²) in [6, 6.07) is 0.606. The van der Waals surface area contributed by atoms with E-state index in [2.05, 4.69) is 44.8 Å². The molecule has 126 valence electrons. The molecule has 1 fully saturated rings. The molecule has 1 aliphatic rings. The number of ether oxygens (including phenoxy) is 1. The average molecular weight is 299 g/mol. The highest BCUT2D eigenvalue weighted by atomic mass is 16.5. The van der Waals surface area contributed by atoms with Crippen LogP contribution in [0, 0.1) is 5.41 Å². The molecule has 21 heavy (non-hydrogen) atoms.